The molecule has 1 aliphatic rings. The Kier molecular flexibility index (Phi) is 8.87. The van der Waals surface area contributed by atoms with Crippen molar-refractivity contribution in [3.05, 3.63) is 65.2 Å². The lowest BCUT2D eigenvalue weighted by Crippen LogP contribution is -2.42. The molecule has 0 unspecified atom stereocenters. The Morgan fingerprint density at radius 3 is 2.12 bits per heavy atom. The first-order chi connectivity index (χ1) is 14.8. The van der Waals surface area contributed by atoms with Crippen molar-refractivity contribution in [1.82, 2.24) is 15.5 Å². The van der Waals surface area contributed by atoms with Gasteiger partial charge in [-0.2, -0.15) is 13.2 Å². The summed E-state index contributed by atoms with van der Waals surface area (Å²) in [5.41, 5.74) is 1.61. The van der Waals surface area contributed by atoms with Crippen LogP contribution in [0.25, 0.3) is 0 Å². The molecule has 0 saturated heterocycles. The molecule has 7 nitrogen and oxygen atoms in total. The molecule has 1 aliphatic heterocycles. The van der Waals surface area contributed by atoms with E-state index in [2.05, 4.69) is 20.4 Å². The van der Waals surface area contributed by atoms with Crippen LogP contribution in [0.4, 0.5) is 13.2 Å². The number of rotatable bonds is 7. The van der Waals surface area contributed by atoms with Gasteiger partial charge in [-0.25, -0.2) is 0 Å². The maximum atomic E-state index is 12.4. The Morgan fingerprint density at radius 2 is 1.59 bits per heavy atom. The zero-order valence-electron chi connectivity index (χ0n) is 17.1. The molecule has 0 atom stereocenters. The summed E-state index contributed by atoms with van der Waals surface area (Å²) in [7, 11) is 1.57. The van der Waals surface area contributed by atoms with Gasteiger partial charge in [0.1, 0.15) is 5.75 Å². The van der Waals surface area contributed by atoms with Crippen molar-refractivity contribution in [1.29, 1.82) is 0 Å². The number of nitrogens with zero attached hydrogens (tertiary/aromatic N) is 2. The maximum Gasteiger partial charge on any atom is 0.422 e. The first-order valence-corrected chi connectivity index (χ1v) is 9.47. The van der Waals surface area contributed by atoms with Crippen molar-refractivity contribution in [2.45, 2.75) is 12.7 Å². The van der Waals surface area contributed by atoms with Crippen molar-refractivity contribution in [3.8, 4) is 5.75 Å². The third kappa shape index (κ3) is 6.58. The van der Waals surface area contributed by atoms with Crippen molar-refractivity contribution in [3.63, 3.8) is 0 Å². The number of imide groups is 1. The molecule has 0 aliphatic carbocycles. The number of hydrogen-bond acceptors (Lipinski definition) is 4. The zero-order valence-corrected chi connectivity index (χ0v) is 19.4. The minimum atomic E-state index is -4.38. The van der Waals surface area contributed by atoms with E-state index < -0.39 is 12.8 Å². The van der Waals surface area contributed by atoms with Crippen LogP contribution in [0.3, 0.4) is 0 Å². The molecule has 2 aromatic carbocycles. The predicted octanol–water partition coefficient (Wildman–Crippen LogP) is 3.21. The molecule has 172 valence electrons. The zero-order chi connectivity index (χ0) is 22.4. The number of carbonyl (C=O) groups is 2. The lowest BCUT2D eigenvalue weighted by Gasteiger charge is -2.16. The molecular weight excluding hydrogens is 540 g/mol. The summed E-state index contributed by atoms with van der Waals surface area (Å²) in [5.74, 6) is -0.0603. The van der Waals surface area contributed by atoms with Gasteiger partial charge in [0.25, 0.3) is 11.8 Å². The van der Waals surface area contributed by atoms with Crippen molar-refractivity contribution < 1.29 is 27.5 Å². The SMILES string of the molecule is CN=C(NCCN1C(=O)c2ccccc2C1=O)NCc1ccc(OCC(F)(F)F)cc1.I. The van der Waals surface area contributed by atoms with Gasteiger partial charge < -0.3 is 15.4 Å². The summed E-state index contributed by atoms with van der Waals surface area (Å²) < 4.78 is 41.2. The topological polar surface area (TPSA) is 83.0 Å². The maximum absolute atomic E-state index is 12.4. The average Bonchev–Trinajstić information content (AvgIpc) is 3.00. The van der Waals surface area contributed by atoms with E-state index in [0.717, 1.165) is 5.56 Å². The lowest BCUT2D eigenvalue weighted by atomic mass is 10.1. The molecule has 0 spiro atoms. The highest BCUT2D eigenvalue weighted by Gasteiger charge is 2.34. The van der Waals surface area contributed by atoms with E-state index in [1.807, 2.05) is 0 Å². The van der Waals surface area contributed by atoms with Crippen LogP contribution in [-0.4, -0.2) is 55.6 Å². The highest BCUT2D eigenvalue weighted by Crippen LogP contribution is 2.22. The second-order valence-corrected chi connectivity index (χ2v) is 6.71. The van der Waals surface area contributed by atoms with Gasteiger partial charge in [0.05, 0.1) is 11.1 Å². The Morgan fingerprint density at radius 1 is 1.00 bits per heavy atom. The smallest absolute Gasteiger partial charge is 0.422 e. The van der Waals surface area contributed by atoms with Gasteiger partial charge in [0, 0.05) is 26.7 Å². The highest BCUT2D eigenvalue weighted by molar-refractivity contribution is 14.0. The number of carbonyl (C=O) groups excluding carboxylic acids is 2. The van der Waals surface area contributed by atoms with Gasteiger partial charge >= 0.3 is 6.18 Å². The van der Waals surface area contributed by atoms with Crippen molar-refractivity contribution in [2.75, 3.05) is 26.7 Å². The van der Waals surface area contributed by atoms with Crippen LogP contribution in [-0.2, 0) is 6.54 Å². The minimum Gasteiger partial charge on any atom is -0.484 e. The molecule has 3 rings (SSSR count). The minimum absolute atomic E-state index is 0. The van der Waals surface area contributed by atoms with Crippen molar-refractivity contribution >= 4 is 41.8 Å². The molecule has 0 bridgehead atoms. The average molecular weight is 562 g/mol. The van der Waals surface area contributed by atoms with Gasteiger partial charge in [0.2, 0.25) is 0 Å². The van der Waals surface area contributed by atoms with Gasteiger partial charge in [-0.3, -0.25) is 19.5 Å². The molecule has 0 saturated carbocycles. The molecule has 32 heavy (non-hydrogen) atoms. The third-order valence-electron chi connectivity index (χ3n) is 4.52. The molecule has 1 heterocycles. The number of fused-ring (bicyclic) bond motifs is 1. The van der Waals surface area contributed by atoms with Crippen LogP contribution in [0.15, 0.2) is 53.5 Å². The second-order valence-electron chi connectivity index (χ2n) is 6.71. The summed E-state index contributed by atoms with van der Waals surface area (Å²) in [6.45, 7) is -0.492. The molecule has 0 aromatic heterocycles. The Labute approximate surface area is 200 Å². The number of halogens is 4. The summed E-state index contributed by atoms with van der Waals surface area (Å²) in [6, 6.07) is 12.9. The van der Waals surface area contributed by atoms with Crippen LogP contribution in [0, 0.1) is 0 Å². The summed E-state index contributed by atoms with van der Waals surface area (Å²) in [6.07, 6.45) is -4.38. The quantitative estimate of drug-likeness (QED) is 0.235. The standard InChI is InChI=1S/C21H21F3N4O3.HI/c1-25-20(27-12-14-6-8-15(9-7-14)31-13-21(22,23)24)26-10-11-28-18(29)16-4-2-3-5-17(16)19(28)30;/h2-9H,10-13H2,1H3,(H2,25,26,27);1H. The van der Waals surface area contributed by atoms with Crippen LogP contribution < -0.4 is 15.4 Å². The van der Waals surface area contributed by atoms with E-state index in [0.29, 0.717) is 30.2 Å². The number of alkyl halides is 3. The lowest BCUT2D eigenvalue weighted by molar-refractivity contribution is -0.153. The fourth-order valence-corrected chi connectivity index (χ4v) is 3.00. The van der Waals surface area contributed by atoms with Gasteiger partial charge in [0.15, 0.2) is 12.6 Å². The van der Waals surface area contributed by atoms with Gasteiger partial charge in [-0.1, -0.05) is 24.3 Å². The fourth-order valence-electron chi connectivity index (χ4n) is 3.00. The molecule has 2 amide bonds. The largest absolute Gasteiger partial charge is 0.484 e. The first-order valence-electron chi connectivity index (χ1n) is 9.47. The number of nitrogens with one attached hydrogen (secondary N) is 2. The molecule has 2 N–H and O–H groups in total. The Bertz CT molecular complexity index is 946. The van der Waals surface area contributed by atoms with E-state index in [9.17, 15) is 22.8 Å². The normalized spacial score (nSPS) is 13.5. The molecule has 0 radical (unpaired) electrons. The molecule has 0 fully saturated rings. The monoisotopic (exact) mass is 562 g/mol. The van der Waals surface area contributed by atoms with Crippen LogP contribution in [0.1, 0.15) is 26.3 Å². The second kappa shape index (κ2) is 11.2. The van der Waals surface area contributed by atoms with E-state index in [1.165, 1.54) is 17.0 Å². The van der Waals surface area contributed by atoms with Gasteiger partial charge in [-0.15, -0.1) is 24.0 Å². The van der Waals surface area contributed by atoms with E-state index in [1.54, 1.807) is 43.4 Å². The van der Waals surface area contributed by atoms with E-state index >= 15 is 0 Å². The van der Waals surface area contributed by atoms with Crippen LogP contribution in [0.2, 0.25) is 0 Å². The summed E-state index contributed by atoms with van der Waals surface area (Å²) >= 11 is 0. The van der Waals surface area contributed by atoms with Gasteiger partial charge in [-0.05, 0) is 29.8 Å². The Hall–Kier alpha value is -2.83. The van der Waals surface area contributed by atoms with Crippen molar-refractivity contribution in [2.24, 2.45) is 4.99 Å². The number of aliphatic imine (C=N–C) groups is 1. The van der Waals surface area contributed by atoms with Crippen LogP contribution >= 0.6 is 24.0 Å². The predicted molar refractivity (Wildman–Crippen MR) is 123 cm³/mol. The number of benzene rings is 2. The first kappa shape index (κ1) is 25.4. The molecule has 11 heteroatoms. The highest BCUT2D eigenvalue weighted by atomic mass is 127. The van der Waals surface area contributed by atoms with Crippen LogP contribution in [0.5, 0.6) is 5.75 Å². The van der Waals surface area contributed by atoms with E-state index in [-0.39, 0.29) is 48.1 Å². The number of amides is 2. The Balaban J connectivity index is 0.00000363. The molecule has 2 aromatic rings. The summed E-state index contributed by atoms with van der Waals surface area (Å²) in [5, 5.41) is 6.08. The summed E-state index contributed by atoms with van der Waals surface area (Å²) in [4.78, 5) is 30.0. The van der Waals surface area contributed by atoms with E-state index in [4.69, 9.17) is 0 Å². The fraction of sp³-hybridized carbons (Fsp3) is 0.286. The number of ether oxygens (including phenoxy) is 1. The number of hydrogen-bond donors (Lipinski definition) is 2. The molecular formula is C21H22F3IN4O3. The third-order valence-corrected chi connectivity index (χ3v) is 4.52. The number of guanidine groups is 1.